The highest BCUT2D eigenvalue weighted by atomic mass is 19.2. The summed E-state index contributed by atoms with van der Waals surface area (Å²) >= 11 is 0. The molecule has 2 aliphatic heterocycles. The zero-order chi connectivity index (χ0) is 21.0. The third-order valence-corrected chi connectivity index (χ3v) is 5.59. The number of carbonyl (C=O) groups excluding carboxylic acids is 1. The molecule has 0 saturated carbocycles. The van der Waals surface area contributed by atoms with Gasteiger partial charge >= 0.3 is 0 Å². The molecule has 4 rings (SSSR count). The topological polar surface area (TPSA) is 90.7 Å². The summed E-state index contributed by atoms with van der Waals surface area (Å²) in [5.41, 5.74) is -0.0345. The van der Waals surface area contributed by atoms with Crippen LogP contribution in [0.1, 0.15) is 40.9 Å². The lowest BCUT2D eigenvalue weighted by molar-refractivity contribution is 0.0234. The molecule has 29 heavy (non-hydrogen) atoms. The lowest BCUT2D eigenvalue weighted by atomic mass is 9.70. The van der Waals surface area contributed by atoms with Gasteiger partial charge in [-0.1, -0.05) is 6.07 Å². The van der Waals surface area contributed by atoms with Gasteiger partial charge in [0.05, 0.1) is 13.2 Å². The number of aromatic nitrogens is 1. The van der Waals surface area contributed by atoms with Crippen LogP contribution in [0.4, 0.5) is 13.2 Å². The number of ether oxygens (including phenoxy) is 1. The van der Waals surface area contributed by atoms with Crippen LogP contribution in [0.2, 0.25) is 0 Å². The number of Topliss-reactive ketones (excluding diaryl/α,β-unsaturated/α-hetero) is 1. The summed E-state index contributed by atoms with van der Waals surface area (Å²) in [5.74, 6) is -1.13. The minimum Gasteiger partial charge on any atom is -0.449 e. The van der Waals surface area contributed by atoms with Crippen LogP contribution in [0, 0.1) is 12.7 Å². The van der Waals surface area contributed by atoms with Crippen molar-refractivity contribution in [2.75, 3.05) is 13.2 Å². The van der Waals surface area contributed by atoms with Crippen LogP contribution in [0.5, 0.6) is 0 Å². The maximum absolute atomic E-state index is 15.8. The summed E-state index contributed by atoms with van der Waals surface area (Å²) in [6, 6.07) is 3.92. The Hall–Kier alpha value is -2.68. The van der Waals surface area contributed by atoms with Gasteiger partial charge in [0, 0.05) is 25.3 Å². The lowest BCUT2D eigenvalue weighted by Gasteiger charge is -2.43. The molecule has 2 aliphatic rings. The summed E-state index contributed by atoms with van der Waals surface area (Å²) in [7, 11) is 0. The number of ketones is 1. The SMILES string of the molecule is Cc1nc(C(=O)Cc2ccc(F)c([C@]34COC[C@@]3(F)C[C@@](C)(F)C(N)=N4)c2)co1. The third-order valence-electron chi connectivity index (χ3n) is 5.59. The molecule has 0 amide bonds. The van der Waals surface area contributed by atoms with Gasteiger partial charge in [-0.3, -0.25) is 9.79 Å². The highest BCUT2D eigenvalue weighted by Crippen LogP contribution is 2.53. The number of nitrogens with zero attached hydrogens (tertiary/aromatic N) is 2. The summed E-state index contributed by atoms with van der Waals surface area (Å²) in [6.07, 6.45) is 0.540. The molecule has 3 heterocycles. The Morgan fingerprint density at radius 3 is 2.76 bits per heavy atom. The molecule has 2 N–H and O–H groups in total. The maximum Gasteiger partial charge on any atom is 0.191 e. The molecule has 0 unspecified atom stereocenters. The number of aliphatic imine (C=N–C) groups is 1. The van der Waals surface area contributed by atoms with Gasteiger partial charge in [-0.25, -0.2) is 18.2 Å². The second-order valence-corrected chi connectivity index (χ2v) is 7.86. The van der Waals surface area contributed by atoms with Crippen molar-refractivity contribution in [3.8, 4) is 0 Å². The molecule has 3 atom stereocenters. The first-order chi connectivity index (χ1) is 13.6. The number of alkyl halides is 2. The monoisotopic (exact) mass is 407 g/mol. The number of nitrogens with two attached hydrogens (primary N) is 1. The molecule has 6 nitrogen and oxygen atoms in total. The van der Waals surface area contributed by atoms with Crippen LogP contribution in [0.25, 0.3) is 0 Å². The Morgan fingerprint density at radius 1 is 1.31 bits per heavy atom. The number of oxazole rings is 1. The fourth-order valence-corrected chi connectivity index (χ4v) is 4.02. The normalized spacial score (nSPS) is 31.4. The summed E-state index contributed by atoms with van der Waals surface area (Å²) in [5, 5.41) is 0. The van der Waals surface area contributed by atoms with Crippen molar-refractivity contribution in [3.63, 3.8) is 0 Å². The fraction of sp³-hybridized carbons (Fsp3) is 0.450. The van der Waals surface area contributed by atoms with Crippen LogP contribution < -0.4 is 5.73 Å². The zero-order valence-corrected chi connectivity index (χ0v) is 16.0. The third kappa shape index (κ3) is 3.04. The lowest BCUT2D eigenvalue weighted by Crippen LogP contribution is -2.58. The van der Waals surface area contributed by atoms with Crippen LogP contribution in [-0.2, 0) is 16.7 Å². The molecule has 0 radical (unpaired) electrons. The number of halogens is 3. The molecule has 2 aromatic rings. The summed E-state index contributed by atoms with van der Waals surface area (Å²) in [6.45, 7) is 2.04. The zero-order valence-electron chi connectivity index (χ0n) is 16.0. The predicted molar refractivity (Wildman–Crippen MR) is 97.8 cm³/mol. The number of aryl methyl sites for hydroxylation is 1. The van der Waals surface area contributed by atoms with Gasteiger partial charge < -0.3 is 14.9 Å². The molecule has 0 bridgehead atoms. The molecule has 1 saturated heterocycles. The molecule has 1 aromatic heterocycles. The average Bonchev–Trinajstić information content (AvgIpc) is 3.20. The molecule has 1 aromatic carbocycles. The number of benzene rings is 1. The summed E-state index contributed by atoms with van der Waals surface area (Å²) < 4.78 is 55.6. The van der Waals surface area contributed by atoms with Crippen molar-refractivity contribution in [1.82, 2.24) is 4.98 Å². The first-order valence-corrected chi connectivity index (χ1v) is 9.12. The van der Waals surface area contributed by atoms with Gasteiger partial charge in [0.2, 0.25) is 0 Å². The van der Waals surface area contributed by atoms with Gasteiger partial charge in [-0.05, 0) is 24.6 Å². The quantitative estimate of drug-likeness (QED) is 0.787. The van der Waals surface area contributed by atoms with E-state index in [2.05, 4.69) is 9.98 Å². The highest BCUT2D eigenvalue weighted by Gasteiger charge is 2.65. The average molecular weight is 407 g/mol. The van der Waals surface area contributed by atoms with Crippen molar-refractivity contribution >= 4 is 11.6 Å². The first-order valence-electron chi connectivity index (χ1n) is 9.12. The van der Waals surface area contributed by atoms with Crippen molar-refractivity contribution in [2.24, 2.45) is 10.7 Å². The van der Waals surface area contributed by atoms with Gasteiger partial charge in [-0.15, -0.1) is 0 Å². The summed E-state index contributed by atoms with van der Waals surface area (Å²) in [4.78, 5) is 20.5. The number of amidine groups is 1. The van der Waals surface area contributed by atoms with Crippen molar-refractivity contribution in [1.29, 1.82) is 0 Å². The second-order valence-electron chi connectivity index (χ2n) is 7.86. The van der Waals surface area contributed by atoms with Gasteiger partial charge in [-0.2, -0.15) is 0 Å². The Bertz CT molecular complexity index is 1020. The van der Waals surface area contributed by atoms with Crippen molar-refractivity contribution in [3.05, 3.63) is 53.0 Å². The van der Waals surface area contributed by atoms with Gasteiger partial charge in [0.25, 0.3) is 0 Å². The molecular weight excluding hydrogens is 387 g/mol. The van der Waals surface area contributed by atoms with E-state index in [0.29, 0.717) is 11.5 Å². The van der Waals surface area contributed by atoms with E-state index in [-0.39, 0.29) is 30.1 Å². The van der Waals surface area contributed by atoms with E-state index in [4.69, 9.17) is 14.9 Å². The van der Waals surface area contributed by atoms with Crippen molar-refractivity contribution < 1.29 is 27.1 Å². The fourth-order valence-electron chi connectivity index (χ4n) is 4.02. The van der Waals surface area contributed by atoms with E-state index in [9.17, 15) is 13.6 Å². The minimum absolute atomic E-state index is 0.102. The van der Waals surface area contributed by atoms with E-state index in [1.165, 1.54) is 18.4 Å². The van der Waals surface area contributed by atoms with E-state index in [0.717, 1.165) is 13.0 Å². The Morgan fingerprint density at radius 2 is 2.07 bits per heavy atom. The molecule has 0 aliphatic carbocycles. The molecule has 1 fully saturated rings. The number of hydrogen-bond acceptors (Lipinski definition) is 6. The Labute approximate surface area is 165 Å². The second kappa shape index (κ2) is 6.41. The first kappa shape index (κ1) is 19.6. The number of rotatable bonds is 4. The highest BCUT2D eigenvalue weighted by molar-refractivity contribution is 5.95. The van der Waals surface area contributed by atoms with E-state index in [1.54, 1.807) is 6.92 Å². The molecule has 9 heteroatoms. The van der Waals surface area contributed by atoms with Crippen LogP contribution >= 0.6 is 0 Å². The van der Waals surface area contributed by atoms with Crippen molar-refractivity contribution in [2.45, 2.75) is 43.6 Å². The molecule has 154 valence electrons. The van der Waals surface area contributed by atoms with Crippen LogP contribution in [0.15, 0.2) is 33.9 Å². The van der Waals surface area contributed by atoms with Gasteiger partial charge in [0.15, 0.2) is 23.0 Å². The van der Waals surface area contributed by atoms with Crippen LogP contribution in [0.3, 0.4) is 0 Å². The number of fused-ring (bicyclic) bond motifs is 1. The molecule has 0 spiro atoms. The number of carbonyl (C=O) groups is 1. The minimum atomic E-state index is -2.27. The van der Waals surface area contributed by atoms with E-state index < -0.39 is 41.6 Å². The Kier molecular flexibility index (Phi) is 4.34. The largest absolute Gasteiger partial charge is 0.449 e. The molecular formula is C20H20F3N3O3. The van der Waals surface area contributed by atoms with Gasteiger partial charge in [0.1, 0.15) is 29.1 Å². The van der Waals surface area contributed by atoms with E-state index in [1.807, 2.05) is 0 Å². The smallest absolute Gasteiger partial charge is 0.191 e. The van der Waals surface area contributed by atoms with Crippen LogP contribution in [-0.4, -0.2) is 41.2 Å². The standard InChI is InChI=1S/C20H20F3N3O3/c1-11-25-15(7-29-11)16(27)6-12-3-4-14(21)13(5-12)20-10-28-9-19(20,23)8-18(2,22)17(24)26-20/h3-5,7H,6,8-10H2,1-2H3,(H2,24,26)/t18-,19+,20-/m1/s1. The van der Waals surface area contributed by atoms with E-state index >= 15 is 4.39 Å². The maximum atomic E-state index is 15.8. The Balaban J connectivity index is 1.76. The number of hydrogen-bond donors (Lipinski definition) is 1. The predicted octanol–water partition coefficient (Wildman–Crippen LogP) is 2.97.